The molecule has 3 fully saturated rings. The SMILES string of the molecule is Cc1ncsc1-c1ccc(CNC(=O)C2CC(O)CN2C(=O)C(NC(=O)C2CCCC(C3CCCCCC3)CC2)C(C)(C)C)cc1. The van der Waals surface area contributed by atoms with E-state index in [9.17, 15) is 19.5 Å². The Morgan fingerprint density at radius 3 is 2.26 bits per heavy atom. The second kappa shape index (κ2) is 15.4. The largest absolute Gasteiger partial charge is 0.391 e. The van der Waals surface area contributed by atoms with Crippen LogP contribution in [0.3, 0.4) is 0 Å². The molecule has 46 heavy (non-hydrogen) atoms. The van der Waals surface area contributed by atoms with Crippen molar-refractivity contribution >= 4 is 29.1 Å². The molecule has 0 bridgehead atoms. The number of benzene rings is 1. The molecule has 5 atom stereocenters. The van der Waals surface area contributed by atoms with Crippen LogP contribution in [0.5, 0.6) is 0 Å². The second-order valence-electron chi connectivity index (χ2n) is 15.1. The topological polar surface area (TPSA) is 112 Å². The summed E-state index contributed by atoms with van der Waals surface area (Å²) in [4.78, 5) is 48.2. The van der Waals surface area contributed by atoms with Crippen molar-refractivity contribution in [3.8, 4) is 10.4 Å². The monoisotopic (exact) mass is 650 g/mol. The van der Waals surface area contributed by atoms with E-state index in [0.29, 0.717) is 12.5 Å². The highest BCUT2D eigenvalue weighted by molar-refractivity contribution is 7.13. The van der Waals surface area contributed by atoms with Crippen LogP contribution in [0.15, 0.2) is 29.8 Å². The van der Waals surface area contributed by atoms with Gasteiger partial charge in [-0.2, -0.15) is 0 Å². The molecule has 3 aliphatic rings. The molecule has 1 aromatic heterocycles. The lowest BCUT2D eigenvalue weighted by molar-refractivity contribution is -0.144. The lowest BCUT2D eigenvalue weighted by Gasteiger charge is -2.36. The maximum Gasteiger partial charge on any atom is 0.246 e. The van der Waals surface area contributed by atoms with Crippen LogP contribution in [-0.4, -0.2) is 57.4 Å². The number of carbonyl (C=O) groups is 3. The first kappa shape index (κ1) is 34.6. The molecule has 3 amide bonds. The summed E-state index contributed by atoms with van der Waals surface area (Å²) in [7, 11) is 0. The van der Waals surface area contributed by atoms with Crippen molar-refractivity contribution in [3.63, 3.8) is 0 Å². The quantitative estimate of drug-likeness (QED) is 0.287. The minimum Gasteiger partial charge on any atom is -0.391 e. The zero-order valence-corrected chi connectivity index (χ0v) is 29.0. The van der Waals surface area contributed by atoms with Gasteiger partial charge in [-0.05, 0) is 54.6 Å². The minimum absolute atomic E-state index is 0.0486. The molecule has 5 unspecified atom stereocenters. The molecule has 2 aliphatic carbocycles. The van der Waals surface area contributed by atoms with E-state index in [2.05, 4.69) is 15.6 Å². The number of rotatable bonds is 8. The van der Waals surface area contributed by atoms with Gasteiger partial charge in [-0.3, -0.25) is 14.4 Å². The van der Waals surface area contributed by atoms with Crippen molar-refractivity contribution in [2.75, 3.05) is 6.54 Å². The maximum atomic E-state index is 14.1. The highest BCUT2D eigenvalue weighted by Crippen LogP contribution is 2.38. The lowest BCUT2D eigenvalue weighted by atomic mass is 9.81. The Labute approximate surface area is 279 Å². The lowest BCUT2D eigenvalue weighted by Crippen LogP contribution is -2.58. The summed E-state index contributed by atoms with van der Waals surface area (Å²) in [6, 6.07) is 6.45. The molecule has 3 N–H and O–H groups in total. The number of aromatic nitrogens is 1. The van der Waals surface area contributed by atoms with E-state index >= 15 is 0 Å². The molecular formula is C37H54N4O4S. The van der Waals surface area contributed by atoms with Gasteiger partial charge < -0.3 is 20.6 Å². The van der Waals surface area contributed by atoms with Crippen LogP contribution in [0.25, 0.3) is 10.4 Å². The summed E-state index contributed by atoms with van der Waals surface area (Å²) in [5.41, 5.74) is 4.30. The van der Waals surface area contributed by atoms with E-state index in [1.54, 1.807) is 11.3 Å². The Hall–Kier alpha value is -2.78. The first-order chi connectivity index (χ1) is 22.0. The molecule has 1 saturated heterocycles. The standard InChI is InChI=1S/C37H54N4O4S/c1-24-32(46-23-39-24)28-16-14-25(15-17-28)21-38-35(44)31-20-30(42)22-41(31)36(45)33(37(2,3)4)40-34(43)29-13-9-12-27(18-19-29)26-10-7-5-6-8-11-26/h14-17,23,26-27,29-31,33,42H,5-13,18-22H2,1-4H3,(H,38,44)(H,40,43). The van der Waals surface area contributed by atoms with E-state index in [1.807, 2.05) is 57.5 Å². The Morgan fingerprint density at radius 2 is 1.61 bits per heavy atom. The number of thiazole rings is 1. The number of amides is 3. The number of hydrogen-bond donors (Lipinski definition) is 3. The van der Waals surface area contributed by atoms with E-state index in [0.717, 1.165) is 53.3 Å². The van der Waals surface area contributed by atoms with Gasteiger partial charge in [0, 0.05) is 25.4 Å². The van der Waals surface area contributed by atoms with Gasteiger partial charge in [-0.25, -0.2) is 4.98 Å². The molecule has 1 aromatic carbocycles. The van der Waals surface area contributed by atoms with Crippen molar-refractivity contribution in [2.45, 2.75) is 129 Å². The van der Waals surface area contributed by atoms with Crippen LogP contribution in [0.1, 0.15) is 109 Å². The molecule has 0 radical (unpaired) electrons. The van der Waals surface area contributed by atoms with Gasteiger partial charge in [0.15, 0.2) is 0 Å². The smallest absolute Gasteiger partial charge is 0.246 e. The fraction of sp³-hybridized carbons (Fsp3) is 0.676. The van der Waals surface area contributed by atoms with Gasteiger partial charge in [-0.1, -0.05) is 96.4 Å². The zero-order valence-electron chi connectivity index (χ0n) is 28.2. The Bertz CT molecular complexity index is 1330. The van der Waals surface area contributed by atoms with Crippen LogP contribution >= 0.6 is 11.3 Å². The van der Waals surface area contributed by atoms with Crippen molar-refractivity contribution in [1.82, 2.24) is 20.5 Å². The third kappa shape index (κ3) is 8.57. The molecule has 5 rings (SSSR count). The fourth-order valence-corrected chi connectivity index (χ4v) is 8.70. The second-order valence-corrected chi connectivity index (χ2v) is 16.0. The summed E-state index contributed by atoms with van der Waals surface area (Å²) >= 11 is 1.60. The molecule has 0 spiro atoms. The van der Waals surface area contributed by atoms with Gasteiger partial charge in [0.1, 0.15) is 12.1 Å². The number of carbonyl (C=O) groups excluding carboxylic acids is 3. The predicted octanol–water partition coefficient (Wildman–Crippen LogP) is 6.39. The van der Waals surface area contributed by atoms with Crippen molar-refractivity contribution in [2.24, 2.45) is 23.2 Å². The summed E-state index contributed by atoms with van der Waals surface area (Å²) in [5, 5.41) is 16.7. The van der Waals surface area contributed by atoms with Gasteiger partial charge in [0.2, 0.25) is 17.7 Å². The maximum absolute atomic E-state index is 14.1. The third-order valence-electron chi connectivity index (χ3n) is 10.6. The summed E-state index contributed by atoms with van der Waals surface area (Å²) in [6.45, 7) is 8.23. The van der Waals surface area contributed by atoms with Gasteiger partial charge in [-0.15, -0.1) is 11.3 Å². The van der Waals surface area contributed by atoms with Crippen LogP contribution < -0.4 is 10.6 Å². The van der Waals surface area contributed by atoms with Gasteiger partial charge >= 0.3 is 0 Å². The molecule has 2 saturated carbocycles. The molecular weight excluding hydrogens is 596 g/mol. The number of nitrogens with zero attached hydrogens (tertiary/aromatic N) is 2. The Morgan fingerprint density at radius 1 is 0.935 bits per heavy atom. The summed E-state index contributed by atoms with van der Waals surface area (Å²) in [5.74, 6) is 0.772. The van der Waals surface area contributed by atoms with Crippen molar-refractivity contribution in [1.29, 1.82) is 0 Å². The van der Waals surface area contributed by atoms with Crippen LogP contribution in [-0.2, 0) is 20.9 Å². The average Bonchev–Trinajstić information content (AvgIpc) is 3.40. The minimum atomic E-state index is -0.791. The highest BCUT2D eigenvalue weighted by atomic mass is 32.1. The first-order valence-electron chi connectivity index (χ1n) is 17.6. The summed E-state index contributed by atoms with van der Waals surface area (Å²) in [6.07, 6.45) is 12.5. The molecule has 2 heterocycles. The number of likely N-dealkylation sites (tertiary alicyclic amines) is 1. The van der Waals surface area contributed by atoms with Crippen molar-refractivity contribution in [3.05, 3.63) is 41.0 Å². The average molecular weight is 651 g/mol. The van der Waals surface area contributed by atoms with E-state index in [4.69, 9.17) is 0 Å². The number of nitrogens with one attached hydrogen (secondary N) is 2. The molecule has 1 aliphatic heterocycles. The van der Waals surface area contributed by atoms with E-state index < -0.39 is 23.6 Å². The molecule has 2 aromatic rings. The molecule has 9 heteroatoms. The Kier molecular flexibility index (Phi) is 11.6. The zero-order chi connectivity index (χ0) is 32.8. The van der Waals surface area contributed by atoms with Gasteiger partial charge in [0.05, 0.1) is 22.2 Å². The highest BCUT2D eigenvalue weighted by Gasteiger charge is 2.45. The molecule has 8 nitrogen and oxygen atoms in total. The van der Waals surface area contributed by atoms with Gasteiger partial charge in [0.25, 0.3) is 0 Å². The predicted molar refractivity (Wildman–Crippen MR) is 183 cm³/mol. The first-order valence-corrected chi connectivity index (χ1v) is 18.4. The third-order valence-corrected chi connectivity index (χ3v) is 11.6. The number of aliphatic hydroxyl groups excluding tert-OH is 1. The number of β-amino-alcohol motifs (C(OH)–C–C–N with tert-alkyl or cyclic N) is 1. The van der Waals surface area contributed by atoms with E-state index in [-0.39, 0.29) is 36.6 Å². The molecule has 252 valence electrons. The number of aryl methyl sites for hydroxylation is 1. The Balaban J connectivity index is 1.19. The summed E-state index contributed by atoms with van der Waals surface area (Å²) < 4.78 is 0. The number of aliphatic hydroxyl groups is 1. The number of hydrogen-bond acceptors (Lipinski definition) is 6. The van der Waals surface area contributed by atoms with Crippen molar-refractivity contribution < 1.29 is 19.5 Å². The normalized spacial score (nSPS) is 25.4. The van der Waals surface area contributed by atoms with E-state index in [1.165, 1.54) is 49.8 Å². The van der Waals surface area contributed by atoms with Crippen LogP contribution in [0, 0.1) is 30.1 Å². The fourth-order valence-electron chi connectivity index (χ4n) is 7.89. The van der Waals surface area contributed by atoms with Crippen LogP contribution in [0.2, 0.25) is 0 Å². The van der Waals surface area contributed by atoms with Crippen LogP contribution in [0.4, 0.5) is 0 Å².